The van der Waals surface area contributed by atoms with Crippen LogP contribution in [0.15, 0.2) is 18.3 Å². The lowest BCUT2D eigenvalue weighted by Crippen LogP contribution is -2.20. The van der Waals surface area contributed by atoms with Gasteiger partial charge in [0.1, 0.15) is 5.82 Å². The molecule has 0 aliphatic carbocycles. The average Bonchev–Trinajstić information content (AvgIpc) is 2.59. The van der Waals surface area contributed by atoms with Crippen molar-refractivity contribution in [1.82, 2.24) is 9.88 Å². The summed E-state index contributed by atoms with van der Waals surface area (Å²) < 4.78 is 0. The number of nitrogens with zero attached hydrogens (tertiary/aromatic N) is 2. The third kappa shape index (κ3) is 3.19. The van der Waals surface area contributed by atoms with Gasteiger partial charge in [0.25, 0.3) is 0 Å². The minimum atomic E-state index is 0.824. The molecule has 0 bridgehead atoms. The molecule has 0 spiro atoms. The predicted octanol–water partition coefficient (Wildman–Crippen LogP) is 2.60. The molecule has 2 rings (SSSR count). The van der Waals surface area contributed by atoms with Crippen molar-refractivity contribution in [3.8, 4) is 0 Å². The number of nitrogens with one attached hydrogen (secondary N) is 1. The van der Waals surface area contributed by atoms with Crippen LogP contribution in [-0.2, 0) is 6.54 Å². The number of rotatable bonds is 4. The third-order valence-electron chi connectivity index (χ3n) is 3.65. The van der Waals surface area contributed by atoms with Gasteiger partial charge in [0.15, 0.2) is 0 Å². The molecular formula is C14H23N3. The Kier molecular flexibility index (Phi) is 4.00. The van der Waals surface area contributed by atoms with Crippen molar-refractivity contribution >= 4 is 5.82 Å². The number of likely N-dealkylation sites (tertiary alicyclic amines) is 1. The SMILES string of the molecule is CCNc1cc(CN2CC(C)C(C)C2)ccn1. The maximum Gasteiger partial charge on any atom is 0.126 e. The van der Waals surface area contributed by atoms with Crippen LogP contribution >= 0.6 is 0 Å². The summed E-state index contributed by atoms with van der Waals surface area (Å²) in [5.74, 6) is 2.64. The highest BCUT2D eigenvalue weighted by atomic mass is 15.1. The van der Waals surface area contributed by atoms with Gasteiger partial charge >= 0.3 is 0 Å². The lowest BCUT2D eigenvalue weighted by Gasteiger charge is -2.15. The van der Waals surface area contributed by atoms with E-state index in [2.05, 4.69) is 48.1 Å². The van der Waals surface area contributed by atoms with Crippen LogP contribution in [0.4, 0.5) is 5.82 Å². The normalized spacial score (nSPS) is 25.1. The van der Waals surface area contributed by atoms with E-state index in [-0.39, 0.29) is 0 Å². The van der Waals surface area contributed by atoms with Crippen molar-refractivity contribution in [2.24, 2.45) is 11.8 Å². The molecule has 3 heteroatoms. The molecule has 17 heavy (non-hydrogen) atoms. The molecule has 1 saturated heterocycles. The van der Waals surface area contributed by atoms with E-state index >= 15 is 0 Å². The molecule has 1 N–H and O–H groups in total. The minimum absolute atomic E-state index is 0.824. The lowest BCUT2D eigenvalue weighted by atomic mass is 10.0. The topological polar surface area (TPSA) is 28.2 Å². The average molecular weight is 233 g/mol. The molecule has 0 amide bonds. The molecule has 1 aromatic rings. The molecule has 0 radical (unpaired) electrons. The van der Waals surface area contributed by atoms with Crippen molar-refractivity contribution in [3.05, 3.63) is 23.9 Å². The van der Waals surface area contributed by atoms with Gasteiger partial charge < -0.3 is 5.32 Å². The first-order chi connectivity index (χ1) is 8.19. The van der Waals surface area contributed by atoms with Crippen molar-refractivity contribution in [2.75, 3.05) is 25.0 Å². The van der Waals surface area contributed by atoms with Gasteiger partial charge in [0.2, 0.25) is 0 Å². The second-order valence-electron chi connectivity index (χ2n) is 5.23. The molecule has 1 aliphatic rings. The molecule has 0 saturated carbocycles. The van der Waals surface area contributed by atoms with Crippen LogP contribution in [0.3, 0.4) is 0 Å². The highest BCUT2D eigenvalue weighted by Gasteiger charge is 2.25. The third-order valence-corrected chi connectivity index (χ3v) is 3.65. The Balaban J connectivity index is 1.97. The van der Waals surface area contributed by atoms with Gasteiger partial charge in [-0.15, -0.1) is 0 Å². The standard InChI is InChI=1S/C14H23N3/c1-4-15-14-7-13(5-6-16-14)10-17-8-11(2)12(3)9-17/h5-7,11-12H,4,8-10H2,1-3H3,(H,15,16). The molecule has 94 valence electrons. The zero-order valence-electron chi connectivity index (χ0n) is 11.1. The predicted molar refractivity (Wildman–Crippen MR) is 72.0 cm³/mol. The van der Waals surface area contributed by atoms with Gasteiger partial charge in [0, 0.05) is 32.4 Å². The van der Waals surface area contributed by atoms with Crippen LogP contribution in [0.25, 0.3) is 0 Å². The van der Waals surface area contributed by atoms with Crippen molar-refractivity contribution < 1.29 is 0 Å². The Hall–Kier alpha value is -1.09. The first-order valence-corrected chi connectivity index (χ1v) is 6.60. The molecule has 2 unspecified atom stereocenters. The zero-order chi connectivity index (χ0) is 12.3. The Bertz CT molecular complexity index is 354. The molecule has 1 fully saturated rings. The van der Waals surface area contributed by atoms with Gasteiger partial charge in [0.05, 0.1) is 0 Å². The van der Waals surface area contributed by atoms with E-state index < -0.39 is 0 Å². The summed E-state index contributed by atoms with van der Waals surface area (Å²) in [5, 5.41) is 3.26. The molecule has 2 heterocycles. The van der Waals surface area contributed by atoms with Gasteiger partial charge in [-0.1, -0.05) is 13.8 Å². The number of hydrogen-bond donors (Lipinski definition) is 1. The second kappa shape index (κ2) is 5.50. The second-order valence-corrected chi connectivity index (χ2v) is 5.23. The fourth-order valence-electron chi connectivity index (χ4n) is 2.49. The molecule has 2 atom stereocenters. The van der Waals surface area contributed by atoms with E-state index in [4.69, 9.17) is 0 Å². The lowest BCUT2D eigenvalue weighted by molar-refractivity contribution is 0.316. The van der Waals surface area contributed by atoms with Gasteiger partial charge in [-0.2, -0.15) is 0 Å². The van der Waals surface area contributed by atoms with Crippen LogP contribution in [0, 0.1) is 11.8 Å². The number of pyridine rings is 1. The highest BCUT2D eigenvalue weighted by Crippen LogP contribution is 2.23. The summed E-state index contributed by atoms with van der Waals surface area (Å²) in [6.07, 6.45) is 1.90. The van der Waals surface area contributed by atoms with Crippen molar-refractivity contribution in [3.63, 3.8) is 0 Å². The van der Waals surface area contributed by atoms with E-state index in [1.54, 1.807) is 0 Å². The molecular weight excluding hydrogens is 210 g/mol. The monoisotopic (exact) mass is 233 g/mol. The first kappa shape index (κ1) is 12.4. The summed E-state index contributed by atoms with van der Waals surface area (Å²) in [6.45, 7) is 11.2. The Morgan fingerprint density at radius 1 is 1.35 bits per heavy atom. The summed E-state index contributed by atoms with van der Waals surface area (Å²) >= 11 is 0. The van der Waals surface area contributed by atoms with Crippen LogP contribution in [0.5, 0.6) is 0 Å². The van der Waals surface area contributed by atoms with Crippen molar-refractivity contribution in [1.29, 1.82) is 0 Å². The largest absolute Gasteiger partial charge is 0.370 e. The summed E-state index contributed by atoms with van der Waals surface area (Å²) in [7, 11) is 0. The molecule has 0 aromatic carbocycles. The number of hydrogen-bond acceptors (Lipinski definition) is 3. The molecule has 1 aromatic heterocycles. The van der Waals surface area contributed by atoms with E-state index in [0.717, 1.165) is 30.7 Å². The Morgan fingerprint density at radius 3 is 2.71 bits per heavy atom. The number of anilines is 1. The minimum Gasteiger partial charge on any atom is -0.370 e. The van der Waals surface area contributed by atoms with Gasteiger partial charge in [-0.05, 0) is 36.5 Å². The van der Waals surface area contributed by atoms with E-state index in [9.17, 15) is 0 Å². The van der Waals surface area contributed by atoms with Crippen LogP contribution in [0.1, 0.15) is 26.3 Å². The summed E-state index contributed by atoms with van der Waals surface area (Å²) in [5.41, 5.74) is 1.36. The quantitative estimate of drug-likeness (QED) is 0.866. The Morgan fingerprint density at radius 2 is 2.06 bits per heavy atom. The van der Waals surface area contributed by atoms with Gasteiger partial charge in [-0.3, -0.25) is 4.90 Å². The Labute approximate surface area is 104 Å². The fraction of sp³-hybridized carbons (Fsp3) is 0.643. The first-order valence-electron chi connectivity index (χ1n) is 6.60. The van der Waals surface area contributed by atoms with Crippen LogP contribution < -0.4 is 5.32 Å². The van der Waals surface area contributed by atoms with E-state index in [1.807, 2.05) is 6.20 Å². The summed E-state index contributed by atoms with van der Waals surface area (Å²) in [6, 6.07) is 4.28. The van der Waals surface area contributed by atoms with E-state index in [1.165, 1.54) is 18.7 Å². The maximum atomic E-state index is 4.30. The van der Waals surface area contributed by atoms with Crippen LogP contribution in [-0.4, -0.2) is 29.5 Å². The summed E-state index contributed by atoms with van der Waals surface area (Å²) in [4.78, 5) is 6.85. The van der Waals surface area contributed by atoms with Gasteiger partial charge in [-0.25, -0.2) is 4.98 Å². The van der Waals surface area contributed by atoms with Crippen molar-refractivity contribution in [2.45, 2.75) is 27.3 Å². The smallest absolute Gasteiger partial charge is 0.126 e. The maximum absolute atomic E-state index is 4.30. The highest BCUT2D eigenvalue weighted by molar-refractivity contribution is 5.37. The fourth-order valence-corrected chi connectivity index (χ4v) is 2.49. The number of aromatic nitrogens is 1. The molecule has 1 aliphatic heterocycles. The molecule has 3 nitrogen and oxygen atoms in total. The zero-order valence-corrected chi connectivity index (χ0v) is 11.1. The van der Waals surface area contributed by atoms with Crippen LogP contribution in [0.2, 0.25) is 0 Å². The van der Waals surface area contributed by atoms with E-state index in [0.29, 0.717) is 0 Å².